The fourth-order valence-corrected chi connectivity index (χ4v) is 4.35. The van der Waals surface area contributed by atoms with Crippen LogP contribution >= 0.6 is 0 Å². The van der Waals surface area contributed by atoms with Gasteiger partial charge in [0.15, 0.2) is 0 Å². The second kappa shape index (κ2) is 8.23. The molecule has 2 atom stereocenters. The number of carbonyl (C=O) groups is 2. The second-order valence-corrected chi connectivity index (χ2v) is 7.87. The maximum atomic E-state index is 13.0. The number of allylic oxidation sites excluding steroid dienone is 1. The number of benzene rings is 1. The van der Waals surface area contributed by atoms with Crippen LogP contribution in [0.3, 0.4) is 0 Å². The van der Waals surface area contributed by atoms with Gasteiger partial charge in [-0.25, -0.2) is 9.59 Å². The molecule has 1 heterocycles. The van der Waals surface area contributed by atoms with E-state index in [0.717, 1.165) is 25.7 Å². The van der Waals surface area contributed by atoms with Gasteiger partial charge >= 0.3 is 11.9 Å². The molecular weight excluding hydrogens is 376 g/mol. The molecule has 1 aromatic carbocycles. The fourth-order valence-electron chi connectivity index (χ4n) is 4.35. The molecule has 1 aliphatic heterocycles. The lowest BCUT2D eigenvalue weighted by molar-refractivity contribution is -0.385. The Morgan fingerprint density at radius 2 is 1.90 bits per heavy atom. The predicted octanol–water partition coefficient (Wildman–Crippen LogP) is 3.36. The van der Waals surface area contributed by atoms with Crippen LogP contribution in [0.4, 0.5) is 5.69 Å². The van der Waals surface area contributed by atoms with E-state index in [-0.39, 0.29) is 23.8 Å². The highest BCUT2D eigenvalue weighted by Crippen LogP contribution is 2.42. The lowest BCUT2D eigenvalue weighted by Gasteiger charge is -2.39. The van der Waals surface area contributed by atoms with Crippen LogP contribution in [0.15, 0.2) is 35.5 Å². The Bertz CT molecular complexity index is 858. The Morgan fingerprint density at radius 1 is 1.24 bits per heavy atom. The van der Waals surface area contributed by atoms with E-state index in [0.29, 0.717) is 11.3 Å². The highest BCUT2D eigenvalue weighted by Gasteiger charge is 2.47. The zero-order chi connectivity index (χ0) is 21.2. The minimum Gasteiger partial charge on any atom is -0.466 e. The first kappa shape index (κ1) is 20.8. The molecule has 156 valence electrons. The Balaban J connectivity index is 2.02. The topological polar surface area (TPSA) is 108 Å². The van der Waals surface area contributed by atoms with E-state index >= 15 is 0 Å². The minimum atomic E-state index is -1.11. The number of hydrogen-bond acceptors (Lipinski definition) is 7. The number of carbonyl (C=O) groups excluding carboxylic acids is 2. The second-order valence-electron chi connectivity index (χ2n) is 7.87. The van der Waals surface area contributed by atoms with Gasteiger partial charge in [-0.05, 0) is 46.0 Å². The summed E-state index contributed by atoms with van der Waals surface area (Å²) < 4.78 is 10.6. The van der Waals surface area contributed by atoms with Crippen molar-refractivity contribution >= 4 is 17.6 Å². The molecule has 0 amide bonds. The largest absolute Gasteiger partial charge is 0.466 e. The summed E-state index contributed by atoms with van der Waals surface area (Å²) in [5.41, 5.74) is -0.0951. The Kier molecular flexibility index (Phi) is 5.91. The molecule has 0 spiro atoms. The van der Waals surface area contributed by atoms with Crippen LogP contribution in [0.5, 0.6) is 0 Å². The fraction of sp³-hybridized carbons (Fsp3) is 0.524. The van der Waals surface area contributed by atoms with Gasteiger partial charge in [-0.2, -0.15) is 0 Å². The third kappa shape index (κ3) is 4.11. The van der Waals surface area contributed by atoms with Crippen molar-refractivity contribution in [1.29, 1.82) is 0 Å². The van der Waals surface area contributed by atoms with E-state index in [1.54, 1.807) is 32.0 Å². The van der Waals surface area contributed by atoms with Crippen molar-refractivity contribution in [3.63, 3.8) is 0 Å². The van der Waals surface area contributed by atoms with Crippen molar-refractivity contribution in [1.82, 2.24) is 5.32 Å². The summed E-state index contributed by atoms with van der Waals surface area (Å²) in [4.78, 5) is 36.6. The van der Waals surface area contributed by atoms with E-state index in [1.165, 1.54) is 13.2 Å². The summed E-state index contributed by atoms with van der Waals surface area (Å²) in [6.07, 6.45) is 3.80. The zero-order valence-corrected chi connectivity index (χ0v) is 16.9. The molecule has 2 aliphatic rings. The summed E-state index contributed by atoms with van der Waals surface area (Å²) in [6, 6.07) is 6.27. The Hall–Kier alpha value is -2.90. The molecule has 1 aliphatic carbocycles. The molecule has 8 nitrogen and oxygen atoms in total. The molecule has 3 rings (SSSR count). The third-order valence-corrected chi connectivity index (χ3v) is 5.77. The average Bonchev–Trinajstić information content (AvgIpc) is 3.20. The first-order chi connectivity index (χ1) is 13.8. The molecule has 0 aromatic heterocycles. The van der Waals surface area contributed by atoms with Crippen molar-refractivity contribution in [3.8, 4) is 0 Å². The summed E-state index contributed by atoms with van der Waals surface area (Å²) in [6.45, 7) is 3.39. The summed E-state index contributed by atoms with van der Waals surface area (Å²) in [5.74, 6) is -1.66. The normalized spacial score (nSPS) is 24.7. The Morgan fingerprint density at radius 3 is 2.52 bits per heavy atom. The molecule has 0 bridgehead atoms. The van der Waals surface area contributed by atoms with Gasteiger partial charge < -0.3 is 14.8 Å². The van der Waals surface area contributed by atoms with E-state index in [1.807, 2.05) is 0 Å². The summed E-state index contributed by atoms with van der Waals surface area (Å²) >= 11 is 0. The van der Waals surface area contributed by atoms with Crippen LogP contribution in [0.2, 0.25) is 0 Å². The minimum absolute atomic E-state index is 0.0971. The maximum Gasteiger partial charge on any atom is 0.336 e. The van der Waals surface area contributed by atoms with Gasteiger partial charge in [0.1, 0.15) is 11.6 Å². The molecule has 1 aromatic rings. The van der Waals surface area contributed by atoms with Gasteiger partial charge in [0.05, 0.1) is 17.6 Å². The number of rotatable bonds is 5. The van der Waals surface area contributed by atoms with Crippen LogP contribution in [0.1, 0.15) is 57.4 Å². The lowest BCUT2D eigenvalue weighted by Crippen LogP contribution is -2.54. The number of nitro benzene ring substituents is 1. The first-order valence-electron chi connectivity index (χ1n) is 9.78. The van der Waals surface area contributed by atoms with Gasteiger partial charge in [-0.1, -0.05) is 18.2 Å². The average molecular weight is 402 g/mol. The van der Waals surface area contributed by atoms with Crippen molar-refractivity contribution in [2.75, 3.05) is 7.11 Å². The highest BCUT2D eigenvalue weighted by molar-refractivity contribution is 5.93. The molecular formula is C21H26N2O6. The smallest absolute Gasteiger partial charge is 0.336 e. The van der Waals surface area contributed by atoms with Crippen molar-refractivity contribution in [2.24, 2.45) is 0 Å². The molecule has 8 heteroatoms. The molecule has 0 radical (unpaired) electrons. The van der Waals surface area contributed by atoms with Crippen molar-refractivity contribution in [2.45, 2.75) is 63.5 Å². The summed E-state index contributed by atoms with van der Waals surface area (Å²) in [7, 11) is 1.27. The van der Waals surface area contributed by atoms with Gasteiger partial charge in [0.2, 0.25) is 0 Å². The molecule has 1 fully saturated rings. The standard InChI is InChI=1S/C21H26N2O6/c1-13-18(19(24)28-3)16(15-10-6-7-11-17(15)23(26)27)12-21(2,22-13)20(25)29-14-8-4-5-9-14/h6-7,10-11,14,16,22H,4-5,8-9,12H2,1-3H3. The monoisotopic (exact) mass is 402 g/mol. The number of nitro groups is 1. The van der Waals surface area contributed by atoms with Crippen LogP contribution in [0, 0.1) is 10.1 Å². The maximum absolute atomic E-state index is 13.0. The summed E-state index contributed by atoms with van der Waals surface area (Å²) in [5, 5.41) is 14.7. The zero-order valence-electron chi connectivity index (χ0n) is 16.9. The number of esters is 2. The third-order valence-electron chi connectivity index (χ3n) is 5.77. The number of methoxy groups -OCH3 is 1. The quantitative estimate of drug-likeness (QED) is 0.457. The van der Waals surface area contributed by atoms with Crippen LogP contribution in [-0.2, 0) is 19.1 Å². The number of nitrogens with zero attached hydrogens (tertiary/aromatic N) is 1. The molecule has 1 saturated carbocycles. The molecule has 2 unspecified atom stereocenters. The number of ether oxygens (including phenoxy) is 2. The first-order valence-corrected chi connectivity index (χ1v) is 9.78. The van der Waals surface area contributed by atoms with Gasteiger partial charge in [0, 0.05) is 23.2 Å². The Labute approximate surface area is 169 Å². The number of hydrogen-bond donors (Lipinski definition) is 1. The molecule has 29 heavy (non-hydrogen) atoms. The highest BCUT2D eigenvalue weighted by atomic mass is 16.6. The van der Waals surface area contributed by atoms with Gasteiger partial charge in [-0.15, -0.1) is 0 Å². The van der Waals surface area contributed by atoms with Gasteiger partial charge in [0.25, 0.3) is 5.69 Å². The number of para-hydroxylation sites is 1. The molecule has 0 saturated heterocycles. The SMILES string of the molecule is COC(=O)C1=C(C)NC(C)(C(=O)OC2CCCC2)CC1c1ccccc1[N+](=O)[O-]. The van der Waals surface area contributed by atoms with E-state index in [2.05, 4.69) is 5.32 Å². The van der Waals surface area contributed by atoms with Gasteiger partial charge in [-0.3, -0.25) is 10.1 Å². The van der Waals surface area contributed by atoms with E-state index in [4.69, 9.17) is 9.47 Å². The molecule has 1 N–H and O–H groups in total. The van der Waals surface area contributed by atoms with Crippen molar-refractivity contribution < 1.29 is 24.0 Å². The van der Waals surface area contributed by atoms with Crippen LogP contribution in [0.25, 0.3) is 0 Å². The lowest BCUT2D eigenvalue weighted by atomic mass is 9.75. The van der Waals surface area contributed by atoms with Crippen LogP contribution < -0.4 is 5.32 Å². The van der Waals surface area contributed by atoms with E-state index < -0.39 is 28.3 Å². The van der Waals surface area contributed by atoms with Crippen molar-refractivity contribution in [3.05, 3.63) is 51.2 Å². The predicted molar refractivity (Wildman–Crippen MR) is 105 cm³/mol. The van der Waals surface area contributed by atoms with E-state index in [9.17, 15) is 19.7 Å². The van der Waals surface area contributed by atoms with Crippen LogP contribution in [-0.4, -0.2) is 35.6 Å². The number of nitrogens with one attached hydrogen (secondary N) is 1.